The summed E-state index contributed by atoms with van der Waals surface area (Å²) in [7, 11) is 0. The van der Waals surface area contributed by atoms with Gasteiger partial charge in [-0.3, -0.25) is 9.59 Å². The van der Waals surface area contributed by atoms with E-state index in [1.165, 1.54) is 0 Å². The second kappa shape index (κ2) is 13.5. The van der Waals surface area contributed by atoms with Crippen LogP contribution >= 0.6 is 23.4 Å². The molecule has 0 saturated heterocycles. The first-order valence-electron chi connectivity index (χ1n) is 12.6. The number of rotatable bonds is 11. The summed E-state index contributed by atoms with van der Waals surface area (Å²) in [5, 5.41) is 3.95. The average Bonchev–Trinajstić information content (AvgIpc) is 3.41. The van der Waals surface area contributed by atoms with Crippen LogP contribution in [0.3, 0.4) is 0 Å². The van der Waals surface area contributed by atoms with Crippen LogP contribution in [0, 0.1) is 0 Å². The third-order valence-corrected chi connectivity index (χ3v) is 7.83. The summed E-state index contributed by atoms with van der Waals surface area (Å²) < 4.78 is 0. The molecule has 3 aromatic rings. The lowest BCUT2D eigenvalue weighted by Gasteiger charge is -2.32. The lowest BCUT2D eigenvalue weighted by Crippen LogP contribution is -2.52. The van der Waals surface area contributed by atoms with E-state index in [9.17, 15) is 9.59 Å². The van der Waals surface area contributed by atoms with E-state index in [0.717, 1.165) is 41.7 Å². The molecule has 0 aromatic heterocycles. The number of nitrogens with one attached hydrogen (secondary N) is 1. The SMILES string of the molecule is O=C(NC1CCCC1)[C@@H](Cc1ccccc1)N(Cc1ccccc1)C(=O)CCSc1ccc(Cl)cc1. The Kier molecular flexibility index (Phi) is 9.88. The number of benzene rings is 3. The molecule has 6 heteroatoms. The van der Waals surface area contributed by atoms with Gasteiger partial charge in [0.05, 0.1) is 0 Å². The predicted molar refractivity (Wildman–Crippen MR) is 148 cm³/mol. The van der Waals surface area contributed by atoms with Crippen LogP contribution in [0.15, 0.2) is 89.8 Å². The molecule has 4 nitrogen and oxygen atoms in total. The molecule has 1 N–H and O–H groups in total. The molecule has 0 aliphatic heterocycles. The van der Waals surface area contributed by atoms with Crippen molar-refractivity contribution in [3.05, 3.63) is 101 Å². The van der Waals surface area contributed by atoms with E-state index in [1.807, 2.05) is 84.9 Å². The second-order valence-corrected chi connectivity index (χ2v) is 10.9. The van der Waals surface area contributed by atoms with Crippen LogP contribution in [0.5, 0.6) is 0 Å². The minimum absolute atomic E-state index is 0.0113. The zero-order valence-electron chi connectivity index (χ0n) is 20.4. The Morgan fingerprint density at radius 3 is 2.14 bits per heavy atom. The molecule has 2 amide bonds. The number of hydrogen-bond donors (Lipinski definition) is 1. The maximum atomic E-state index is 13.7. The lowest BCUT2D eigenvalue weighted by atomic mass is 10.0. The van der Waals surface area contributed by atoms with Gasteiger partial charge in [0.15, 0.2) is 0 Å². The molecule has 1 atom stereocenters. The second-order valence-electron chi connectivity index (χ2n) is 9.26. The van der Waals surface area contributed by atoms with Crippen molar-refractivity contribution in [3.8, 4) is 0 Å². The topological polar surface area (TPSA) is 49.4 Å². The highest BCUT2D eigenvalue weighted by Crippen LogP contribution is 2.23. The molecule has 0 bridgehead atoms. The Balaban J connectivity index is 1.53. The highest BCUT2D eigenvalue weighted by molar-refractivity contribution is 7.99. The standard InChI is InChI=1S/C30H33ClN2O2S/c31-25-15-17-27(18-16-25)36-20-19-29(34)33(22-24-11-5-2-6-12-24)28(21-23-9-3-1-4-10-23)30(35)32-26-13-7-8-14-26/h1-6,9-12,15-18,26,28H,7-8,13-14,19-22H2,(H,32,35)/t28-/m1/s1. The monoisotopic (exact) mass is 520 g/mol. The van der Waals surface area contributed by atoms with Crippen molar-refractivity contribution in [2.24, 2.45) is 0 Å². The number of thioether (sulfide) groups is 1. The Labute approximate surface area is 223 Å². The van der Waals surface area contributed by atoms with Gasteiger partial charge in [0.25, 0.3) is 0 Å². The maximum absolute atomic E-state index is 13.7. The van der Waals surface area contributed by atoms with Crippen LogP contribution in [-0.4, -0.2) is 34.6 Å². The molecule has 0 spiro atoms. The smallest absolute Gasteiger partial charge is 0.243 e. The quantitative estimate of drug-likeness (QED) is 0.293. The third kappa shape index (κ3) is 7.87. The zero-order chi connectivity index (χ0) is 25.2. The van der Waals surface area contributed by atoms with Gasteiger partial charge in [-0.15, -0.1) is 11.8 Å². The summed E-state index contributed by atoms with van der Waals surface area (Å²) >= 11 is 7.62. The maximum Gasteiger partial charge on any atom is 0.243 e. The van der Waals surface area contributed by atoms with Gasteiger partial charge in [-0.1, -0.05) is 85.1 Å². The normalized spacial score (nSPS) is 14.4. The summed E-state index contributed by atoms with van der Waals surface area (Å²) in [5.74, 6) is 0.567. The summed E-state index contributed by atoms with van der Waals surface area (Å²) in [4.78, 5) is 30.2. The van der Waals surface area contributed by atoms with Gasteiger partial charge < -0.3 is 10.2 Å². The van der Waals surface area contributed by atoms with Gasteiger partial charge in [0.1, 0.15) is 6.04 Å². The van der Waals surface area contributed by atoms with E-state index >= 15 is 0 Å². The van der Waals surface area contributed by atoms with Gasteiger partial charge >= 0.3 is 0 Å². The third-order valence-electron chi connectivity index (χ3n) is 6.57. The Hall–Kier alpha value is -2.76. The molecule has 0 unspecified atom stereocenters. The molecule has 0 heterocycles. The fraction of sp³-hybridized carbons (Fsp3) is 0.333. The number of carbonyl (C=O) groups excluding carboxylic acids is 2. The van der Waals surface area contributed by atoms with Gasteiger partial charge in [-0.05, 0) is 48.2 Å². The van der Waals surface area contributed by atoms with Gasteiger partial charge in [-0.25, -0.2) is 0 Å². The van der Waals surface area contributed by atoms with Crippen molar-refractivity contribution in [1.82, 2.24) is 10.2 Å². The predicted octanol–water partition coefficient (Wildman–Crippen LogP) is 6.52. The first-order valence-corrected chi connectivity index (χ1v) is 14.0. The minimum atomic E-state index is -0.568. The molecule has 0 radical (unpaired) electrons. The van der Waals surface area contributed by atoms with Gasteiger partial charge in [-0.2, -0.15) is 0 Å². The van der Waals surface area contributed by atoms with Crippen LogP contribution in [0.1, 0.15) is 43.2 Å². The lowest BCUT2D eigenvalue weighted by molar-refractivity contribution is -0.141. The molecule has 1 fully saturated rings. The van der Waals surface area contributed by atoms with E-state index in [1.54, 1.807) is 16.7 Å². The summed E-state index contributed by atoms with van der Waals surface area (Å²) in [6.07, 6.45) is 5.14. The first kappa shape index (κ1) is 26.3. The Bertz CT molecular complexity index is 1100. The average molecular weight is 521 g/mol. The highest BCUT2D eigenvalue weighted by Gasteiger charge is 2.31. The van der Waals surface area contributed by atoms with Crippen LogP contribution in [0.25, 0.3) is 0 Å². The van der Waals surface area contributed by atoms with Crippen molar-refractivity contribution in [2.45, 2.75) is 62.0 Å². The van der Waals surface area contributed by atoms with Crippen LogP contribution in [0.2, 0.25) is 5.02 Å². The number of carbonyl (C=O) groups is 2. The van der Waals surface area contributed by atoms with Crippen molar-refractivity contribution in [3.63, 3.8) is 0 Å². The molecule has 1 aliphatic rings. The summed E-state index contributed by atoms with van der Waals surface area (Å²) in [6.45, 7) is 0.404. The molecular formula is C30H33ClN2O2S. The van der Waals surface area contributed by atoms with E-state index < -0.39 is 6.04 Å². The summed E-state index contributed by atoms with van der Waals surface area (Å²) in [5.41, 5.74) is 2.06. The molecule has 4 rings (SSSR count). The van der Waals surface area contributed by atoms with Crippen LogP contribution in [0.4, 0.5) is 0 Å². The van der Waals surface area contributed by atoms with Crippen LogP contribution < -0.4 is 5.32 Å². The largest absolute Gasteiger partial charge is 0.352 e. The number of halogens is 1. The minimum Gasteiger partial charge on any atom is -0.352 e. The highest BCUT2D eigenvalue weighted by atomic mass is 35.5. The number of nitrogens with zero attached hydrogens (tertiary/aromatic N) is 1. The number of amides is 2. The Morgan fingerprint density at radius 1 is 0.889 bits per heavy atom. The van der Waals surface area contributed by atoms with Gasteiger partial charge in [0, 0.05) is 41.1 Å². The van der Waals surface area contributed by atoms with Gasteiger partial charge in [0.2, 0.25) is 11.8 Å². The van der Waals surface area contributed by atoms with E-state index in [2.05, 4.69) is 5.32 Å². The molecule has 1 aliphatic carbocycles. The fourth-order valence-corrected chi connectivity index (χ4v) is 5.60. The number of hydrogen-bond acceptors (Lipinski definition) is 3. The first-order chi connectivity index (χ1) is 17.6. The fourth-order valence-electron chi connectivity index (χ4n) is 4.63. The molecule has 1 saturated carbocycles. The Morgan fingerprint density at radius 2 is 1.50 bits per heavy atom. The molecule has 3 aromatic carbocycles. The summed E-state index contributed by atoms with van der Waals surface area (Å²) in [6, 6.07) is 27.2. The van der Waals surface area contributed by atoms with E-state index in [0.29, 0.717) is 30.2 Å². The zero-order valence-corrected chi connectivity index (χ0v) is 22.0. The van der Waals surface area contributed by atoms with Crippen LogP contribution in [-0.2, 0) is 22.6 Å². The van der Waals surface area contributed by atoms with Crippen molar-refractivity contribution in [2.75, 3.05) is 5.75 Å². The molecular weight excluding hydrogens is 488 g/mol. The van der Waals surface area contributed by atoms with Crippen molar-refractivity contribution < 1.29 is 9.59 Å². The van der Waals surface area contributed by atoms with E-state index in [-0.39, 0.29) is 17.9 Å². The van der Waals surface area contributed by atoms with Crippen molar-refractivity contribution in [1.29, 1.82) is 0 Å². The van der Waals surface area contributed by atoms with Crippen molar-refractivity contribution >= 4 is 35.2 Å². The van der Waals surface area contributed by atoms with E-state index in [4.69, 9.17) is 11.6 Å². The molecule has 188 valence electrons. The molecule has 36 heavy (non-hydrogen) atoms.